The van der Waals surface area contributed by atoms with Crippen LogP contribution in [0.4, 0.5) is 0 Å². The predicted molar refractivity (Wildman–Crippen MR) is 79.1 cm³/mol. The molecule has 0 spiro atoms. The zero-order valence-electron chi connectivity index (χ0n) is 12.4. The highest BCUT2D eigenvalue weighted by molar-refractivity contribution is 7.89. The summed E-state index contributed by atoms with van der Waals surface area (Å²) in [5.41, 5.74) is 1.41. The van der Waals surface area contributed by atoms with Crippen molar-refractivity contribution >= 4 is 10.0 Å². The molecule has 1 aromatic rings. The summed E-state index contributed by atoms with van der Waals surface area (Å²) in [6.45, 7) is 3.90. The van der Waals surface area contributed by atoms with Crippen molar-refractivity contribution in [1.82, 2.24) is 9.78 Å². The van der Waals surface area contributed by atoms with Crippen LogP contribution < -0.4 is 5.14 Å². The van der Waals surface area contributed by atoms with Crippen LogP contribution in [0.25, 0.3) is 0 Å². The van der Waals surface area contributed by atoms with Gasteiger partial charge in [0.15, 0.2) is 0 Å². The van der Waals surface area contributed by atoms with Gasteiger partial charge in [-0.05, 0) is 25.7 Å². The van der Waals surface area contributed by atoms with E-state index in [4.69, 9.17) is 5.14 Å². The van der Waals surface area contributed by atoms with E-state index in [1.807, 2.05) is 18.5 Å². The van der Waals surface area contributed by atoms with Gasteiger partial charge in [0.25, 0.3) is 0 Å². The zero-order valence-corrected chi connectivity index (χ0v) is 13.2. The number of primary sulfonamides is 1. The maximum absolute atomic E-state index is 11.9. The minimum atomic E-state index is -3.70. The van der Waals surface area contributed by atoms with Crippen LogP contribution in [0.5, 0.6) is 0 Å². The van der Waals surface area contributed by atoms with Gasteiger partial charge in [-0.15, -0.1) is 0 Å². The van der Waals surface area contributed by atoms with Gasteiger partial charge in [-0.2, -0.15) is 5.10 Å². The van der Waals surface area contributed by atoms with E-state index in [9.17, 15) is 8.42 Å². The Hall–Kier alpha value is -0.880. The molecule has 0 unspecified atom stereocenters. The minimum absolute atomic E-state index is 0.270. The fourth-order valence-corrected chi connectivity index (χ4v) is 4.27. The second-order valence-corrected chi connectivity index (χ2v) is 7.06. The molecule has 6 heteroatoms. The van der Waals surface area contributed by atoms with Crippen molar-refractivity contribution in [2.45, 2.75) is 76.2 Å². The largest absolute Gasteiger partial charge is 0.265 e. The molecule has 0 aliphatic heterocycles. The predicted octanol–water partition coefficient (Wildman–Crippen LogP) is 2.55. The van der Waals surface area contributed by atoms with Crippen molar-refractivity contribution < 1.29 is 8.42 Å². The van der Waals surface area contributed by atoms with E-state index < -0.39 is 10.0 Å². The number of sulfonamides is 1. The molecule has 0 atom stereocenters. The van der Waals surface area contributed by atoms with E-state index in [0.717, 1.165) is 18.5 Å². The monoisotopic (exact) mass is 299 g/mol. The SMILES string of the molecule is CCc1nn(C2CCCCCC2)c(CC)c1S(N)(=O)=O. The Morgan fingerprint density at radius 1 is 1.15 bits per heavy atom. The van der Waals surface area contributed by atoms with Crippen LogP contribution in [0.1, 0.15) is 69.8 Å². The van der Waals surface area contributed by atoms with Crippen LogP contribution in [0.15, 0.2) is 4.90 Å². The summed E-state index contributed by atoms with van der Waals surface area (Å²) in [7, 11) is -3.70. The third kappa shape index (κ3) is 3.06. The van der Waals surface area contributed by atoms with Crippen LogP contribution in [-0.4, -0.2) is 18.2 Å². The molecule has 20 heavy (non-hydrogen) atoms. The molecule has 1 aromatic heterocycles. The van der Waals surface area contributed by atoms with Gasteiger partial charge in [-0.1, -0.05) is 39.5 Å². The maximum Gasteiger partial charge on any atom is 0.241 e. The summed E-state index contributed by atoms with van der Waals surface area (Å²) in [6.07, 6.45) is 8.33. The first-order chi connectivity index (χ1) is 9.49. The van der Waals surface area contributed by atoms with Crippen LogP contribution in [0.2, 0.25) is 0 Å². The summed E-state index contributed by atoms with van der Waals surface area (Å²) < 4.78 is 25.7. The van der Waals surface area contributed by atoms with Crippen LogP contribution in [-0.2, 0) is 22.9 Å². The summed E-state index contributed by atoms with van der Waals surface area (Å²) in [5, 5.41) is 9.99. The molecule has 114 valence electrons. The molecular formula is C14H25N3O2S. The fraction of sp³-hybridized carbons (Fsp3) is 0.786. The minimum Gasteiger partial charge on any atom is -0.265 e. The smallest absolute Gasteiger partial charge is 0.241 e. The van der Waals surface area contributed by atoms with Crippen LogP contribution in [0.3, 0.4) is 0 Å². The fourth-order valence-electron chi connectivity index (χ4n) is 3.19. The molecule has 1 fully saturated rings. The van der Waals surface area contributed by atoms with Gasteiger partial charge in [0.1, 0.15) is 4.90 Å². The summed E-state index contributed by atoms with van der Waals surface area (Å²) >= 11 is 0. The van der Waals surface area contributed by atoms with Crippen molar-refractivity contribution in [3.05, 3.63) is 11.4 Å². The first-order valence-corrected chi connectivity index (χ1v) is 9.16. The summed E-state index contributed by atoms with van der Waals surface area (Å²) in [4.78, 5) is 0.270. The van der Waals surface area contributed by atoms with E-state index in [2.05, 4.69) is 5.10 Å². The van der Waals surface area contributed by atoms with Gasteiger partial charge >= 0.3 is 0 Å². The van der Waals surface area contributed by atoms with Crippen molar-refractivity contribution in [3.8, 4) is 0 Å². The van der Waals surface area contributed by atoms with Gasteiger partial charge < -0.3 is 0 Å². The van der Waals surface area contributed by atoms with E-state index in [0.29, 0.717) is 24.6 Å². The van der Waals surface area contributed by atoms with E-state index >= 15 is 0 Å². The second-order valence-electron chi connectivity index (χ2n) is 5.56. The molecule has 0 radical (unpaired) electrons. The summed E-state index contributed by atoms with van der Waals surface area (Å²) in [6, 6.07) is 0.327. The number of nitrogens with zero attached hydrogens (tertiary/aromatic N) is 2. The third-order valence-corrected chi connectivity index (χ3v) is 5.19. The Morgan fingerprint density at radius 3 is 2.20 bits per heavy atom. The Morgan fingerprint density at radius 2 is 1.75 bits per heavy atom. The van der Waals surface area contributed by atoms with Gasteiger partial charge in [0.05, 0.1) is 17.4 Å². The van der Waals surface area contributed by atoms with Crippen molar-refractivity contribution in [2.75, 3.05) is 0 Å². The Bertz CT molecular complexity index is 555. The number of aromatic nitrogens is 2. The summed E-state index contributed by atoms with van der Waals surface area (Å²) in [5.74, 6) is 0. The molecule has 1 aliphatic carbocycles. The lowest BCUT2D eigenvalue weighted by atomic mass is 10.1. The molecule has 1 saturated carbocycles. The van der Waals surface area contributed by atoms with E-state index in [1.165, 1.54) is 25.7 Å². The Balaban J connectivity index is 2.50. The average Bonchev–Trinajstić information content (AvgIpc) is 2.57. The molecule has 2 N–H and O–H groups in total. The van der Waals surface area contributed by atoms with Gasteiger partial charge in [0, 0.05) is 0 Å². The highest BCUT2D eigenvalue weighted by Crippen LogP contribution is 2.31. The standard InChI is InChI=1S/C14H25N3O2S/c1-3-12-14(20(15,18)19)13(4-2)17(16-12)11-9-7-5-6-8-10-11/h11H,3-10H2,1-2H3,(H2,15,18,19). The molecule has 0 amide bonds. The number of rotatable bonds is 4. The number of hydrogen-bond acceptors (Lipinski definition) is 3. The molecule has 0 saturated heterocycles. The van der Waals surface area contributed by atoms with Crippen molar-refractivity contribution in [1.29, 1.82) is 0 Å². The molecule has 5 nitrogen and oxygen atoms in total. The maximum atomic E-state index is 11.9. The normalized spacial score (nSPS) is 18.1. The van der Waals surface area contributed by atoms with Crippen LogP contribution >= 0.6 is 0 Å². The molecule has 1 aliphatic rings. The molecular weight excluding hydrogens is 274 g/mol. The Labute approximate surface area is 121 Å². The molecule has 0 aromatic carbocycles. The average molecular weight is 299 g/mol. The van der Waals surface area contributed by atoms with Crippen LogP contribution in [0, 0.1) is 0 Å². The highest BCUT2D eigenvalue weighted by atomic mass is 32.2. The number of hydrogen-bond donors (Lipinski definition) is 1. The van der Waals surface area contributed by atoms with Crippen molar-refractivity contribution in [3.63, 3.8) is 0 Å². The molecule has 0 bridgehead atoms. The van der Waals surface area contributed by atoms with Gasteiger partial charge in [-0.25, -0.2) is 13.6 Å². The topological polar surface area (TPSA) is 78.0 Å². The molecule has 2 rings (SSSR count). The lowest BCUT2D eigenvalue weighted by Gasteiger charge is -2.17. The number of aryl methyl sites for hydroxylation is 1. The third-order valence-electron chi connectivity index (χ3n) is 4.15. The quantitative estimate of drug-likeness (QED) is 0.868. The van der Waals surface area contributed by atoms with Crippen molar-refractivity contribution in [2.24, 2.45) is 5.14 Å². The first-order valence-electron chi connectivity index (χ1n) is 7.62. The highest BCUT2D eigenvalue weighted by Gasteiger charge is 2.27. The lowest BCUT2D eigenvalue weighted by Crippen LogP contribution is -2.17. The zero-order chi connectivity index (χ0) is 14.8. The second kappa shape index (κ2) is 6.26. The lowest BCUT2D eigenvalue weighted by molar-refractivity contribution is 0.391. The first kappa shape index (κ1) is 15.5. The molecule has 1 heterocycles. The van der Waals surface area contributed by atoms with E-state index in [-0.39, 0.29) is 4.90 Å². The van der Waals surface area contributed by atoms with Gasteiger partial charge in [0.2, 0.25) is 10.0 Å². The van der Waals surface area contributed by atoms with Gasteiger partial charge in [-0.3, -0.25) is 4.68 Å². The Kier molecular flexibility index (Phi) is 4.86. The van der Waals surface area contributed by atoms with E-state index in [1.54, 1.807) is 0 Å². The number of nitrogens with two attached hydrogens (primary N) is 1.